The summed E-state index contributed by atoms with van der Waals surface area (Å²) in [5.41, 5.74) is 1.01. The molecule has 4 rings (SSSR count). The molecule has 0 radical (unpaired) electrons. The smallest absolute Gasteiger partial charge is 0.223 e. The molecule has 10 heteroatoms. The summed E-state index contributed by atoms with van der Waals surface area (Å²) in [6.07, 6.45) is 6.31. The molecule has 0 spiro atoms. The number of rotatable bonds is 3. The first-order valence-electron chi connectivity index (χ1n) is 5.74. The monoisotopic (exact) mass is 285 g/mol. The highest BCUT2D eigenvalue weighted by Gasteiger charge is 2.17. The van der Waals surface area contributed by atoms with E-state index in [-0.39, 0.29) is 0 Å². The third-order valence-electron chi connectivity index (χ3n) is 2.65. The second-order valence-corrected chi connectivity index (χ2v) is 5.01. The molecule has 0 aliphatic carbocycles. The summed E-state index contributed by atoms with van der Waals surface area (Å²) in [6.45, 7) is 0. The van der Waals surface area contributed by atoms with Crippen LogP contribution in [0.2, 0.25) is 0 Å². The van der Waals surface area contributed by atoms with Gasteiger partial charge in [0.2, 0.25) is 11.6 Å². The summed E-state index contributed by atoms with van der Waals surface area (Å²) in [7, 11) is 0.545. The predicted octanol–water partition coefficient (Wildman–Crippen LogP) is 0.460. The molecule has 0 aromatic carbocycles. The number of hydrogen-bond acceptors (Lipinski definition) is 6. The van der Waals surface area contributed by atoms with Crippen molar-refractivity contribution in [3.63, 3.8) is 0 Å². The zero-order valence-electron chi connectivity index (χ0n) is 10.1. The molecule has 0 N–H and O–H groups in total. The highest BCUT2D eigenvalue weighted by molar-refractivity contribution is 7.32. The largest absolute Gasteiger partial charge is 0.224 e. The van der Waals surface area contributed by atoms with Gasteiger partial charge >= 0.3 is 0 Å². The summed E-state index contributed by atoms with van der Waals surface area (Å²) in [5.74, 6) is 3.17. The van der Waals surface area contributed by atoms with E-state index in [0.29, 0.717) is 19.8 Å². The third kappa shape index (κ3) is 1.72. The minimum atomic E-state index is 0.545. The minimum Gasteiger partial charge on any atom is -0.223 e. The van der Waals surface area contributed by atoms with E-state index in [1.807, 2.05) is 12.1 Å². The van der Waals surface area contributed by atoms with E-state index < -0.39 is 0 Å². The Morgan fingerprint density at radius 3 is 2.65 bits per heavy atom. The van der Waals surface area contributed by atoms with Crippen LogP contribution in [-0.4, -0.2) is 44.8 Å². The van der Waals surface area contributed by atoms with Gasteiger partial charge in [0.1, 0.15) is 18.1 Å². The van der Waals surface area contributed by atoms with Gasteiger partial charge in [-0.1, -0.05) is 11.3 Å². The predicted molar refractivity (Wildman–Crippen MR) is 70.7 cm³/mol. The lowest BCUT2D eigenvalue weighted by molar-refractivity contribution is 0.725. The number of nitrogens with zero attached hydrogens (tertiary/aromatic N) is 9. The Kier molecular flexibility index (Phi) is 2.43. The van der Waals surface area contributed by atoms with Crippen molar-refractivity contribution in [1.82, 2.24) is 44.8 Å². The molecule has 0 bridgehead atoms. The highest BCUT2D eigenvalue weighted by Crippen LogP contribution is 2.21. The van der Waals surface area contributed by atoms with Crippen LogP contribution in [0.1, 0.15) is 0 Å². The standard InChI is InChI=1S/C10H8N9P/c1-2-8(20-5-1)19-14-9(17-4-3-12-16-17)10(15-19)18-7-11-6-13-18/h1-7,20H. The van der Waals surface area contributed by atoms with Crippen molar-refractivity contribution < 1.29 is 0 Å². The topological polar surface area (TPSA) is 92.1 Å². The fourth-order valence-corrected chi connectivity index (χ4v) is 2.55. The molecular weight excluding hydrogens is 277 g/mol. The molecule has 0 amide bonds. The maximum Gasteiger partial charge on any atom is 0.224 e. The molecule has 4 aromatic rings. The summed E-state index contributed by atoms with van der Waals surface area (Å²) in [6, 6.07) is 3.97. The summed E-state index contributed by atoms with van der Waals surface area (Å²) < 4.78 is 3.10. The van der Waals surface area contributed by atoms with Crippen molar-refractivity contribution in [2.75, 3.05) is 0 Å². The summed E-state index contributed by atoms with van der Waals surface area (Å²) >= 11 is 0. The van der Waals surface area contributed by atoms with Crippen LogP contribution in [0.4, 0.5) is 0 Å². The third-order valence-corrected chi connectivity index (χ3v) is 3.67. The number of hydrogen-bond donors (Lipinski definition) is 0. The van der Waals surface area contributed by atoms with E-state index in [1.54, 1.807) is 32.9 Å². The Labute approximate surface area is 114 Å². The Morgan fingerprint density at radius 1 is 1.10 bits per heavy atom. The second kappa shape index (κ2) is 4.39. The zero-order chi connectivity index (χ0) is 13.4. The lowest BCUT2D eigenvalue weighted by Crippen LogP contribution is -2.03. The van der Waals surface area contributed by atoms with Crippen LogP contribution in [0.3, 0.4) is 0 Å². The molecule has 4 heterocycles. The van der Waals surface area contributed by atoms with E-state index in [1.165, 1.54) is 6.33 Å². The van der Waals surface area contributed by atoms with Gasteiger partial charge in [0.15, 0.2) is 0 Å². The fourth-order valence-electron chi connectivity index (χ4n) is 1.78. The van der Waals surface area contributed by atoms with Crippen LogP contribution in [0, 0.1) is 0 Å². The molecule has 0 fully saturated rings. The molecule has 98 valence electrons. The first-order chi connectivity index (χ1) is 9.92. The van der Waals surface area contributed by atoms with Crippen molar-refractivity contribution in [1.29, 1.82) is 0 Å². The SMILES string of the molecule is c1c[pH]c(-n2nc(-n3cncn3)c(-n3ccnn3)n2)c1. The van der Waals surface area contributed by atoms with Crippen LogP contribution in [-0.2, 0) is 0 Å². The lowest BCUT2D eigenvalue weighted by atomic mass is 10.6. The van der Waals surface area contributed by atoms with E-state index in [9.17, 15) is 0 Å². The molecule has 20 heavy (non-hydrogen) atoms. The van der Waals surface area contributed by atoms with Crippen LogP contribution in [0.15, 0.2) is 43.0 Å². The van der Waals surface area contributed by atoms with Gasteiger partial charge in [0, 0.05) is 0 Å². The molecule has 0 aliphatic heterocycles. The van der Waals surface area contributed by atoms with Gasteiger partial charge < -0.3 is 0 Å². The van der Waals surface area contributed by atoms with Gasteiger partial charge in [-0.3, -0.25) is 0 Å². The first kappa shape index (κ1) is 11.1. The Bertz CT molecular complexity index is 746. The molecular formula is C10H8N9P. The average Bonchev–Trinajstić information content (AvgIpc) is 3.22. The van der Waals surface area contributed by atoms with Crippen molar-refractivity contribution in [3.8, 4) is 17.1 Å². The van der Waals surface area contributed by atoms with E-state index in [2.05, 4.69) is 36.4 Å². The minimum absolute atomic E-state index is 0.545. The Morgan fingerprint density at radius 2 is 2.00 bits per heavy atom. The second-order valence-electron chi connectivity index (χ2n) is 3.88. The van der Waals surface area contributed by atoms with Gasteiger partial charge in [0.05, 0.1) is 12.4 Å². The van der Waals surface area contributed by atoms with Crippen molar-refractivity contribution in [2.24, 2.45) is 0 Å². The molecule has 1 unspecified atom stereocenters. The maximum absolute atomic E-state index is 4.47. The quantitative estimate of drug-likeness (QED) is 0.543. The first-order valence-corrected chi connectivity index (χ1v) is 6.82. The van der Waals surface area contributed by atoms with Crippen molar-refractivity contribution >= 4 is 8.19 Å². The van der Waals surface area contributed by atoms with Crippen LogP contribution in [0.5, 0.6) is 0 Å². The van der Waals surface area contributed by atoms with E-state index >= 15 is 0 Å². The molecule has 0 saturated heterocycles. The van der Waals surface area contributed by atoms with E-state index in [0.717, 1.165) is 5.42 Å². The fraction of sp³-hybridized carbons (Fsp3) is 0. The summed E-state index contributed by atoms with van der Waals surface area (Å²) in [4.78, 5) is 5.52. The Hall–Kier alpha value is -2.80. The van der Waals surface area contributed by atoms with Crippen LogP contribution < -0.4 is 0 Å². The molecule has 0 aliphatic rings. The average molecular weight is 285 g/mol. The Balaban J connectivity index is 1.92. The molecule has 1 atom stereocenters. The van der Waals surface area contributed by atoms with Crippen LogP contribution in [0.25, 0.3) is 17.1 Å². The van der Waals surface area contributed by atoms with Gasteiger partial charge in [-0.05, 0) is 11.9 Å². The van der Waals surface area contributed by atoms with Crippen LogP contribution >= 0.6 is 8.19 Å². The van der Waals surface area contributed by atoms with E-state index in [4.69, 9.17) is 0 Å². The van der Waals surface area contributed by atoms with Gasteiger partial charge in [0.25, 0.3) is 0 Å². The highest BCUT2D eigenvalue weighted by atomic mass is 31.0. The van der Waals surface area contributed by atoms with Crippen molar-refractivity contribution in [3.05, 3.63) is 43.0 Å². The molecule has 9 nitrogen and oxygen atoms in total. The normalized spacial score (nSPS) is 11.4. The summed E-state index contributed by atoms with van der Waals surface area (Å²) in [5, 5.41) is 20.8. The lowest BCUT2D eigenvalue weighted by Gasteiger charge is -1.97. The number of aromatic nitrogens is 9. The zero-order valence-corrected chi connectivity index (χ0v) is 11.1. The van der Waals surface area contributed by atoms with Gasteiger partial charge in [-0.15, -0.1) is 28.3 Å². The molecule has 0 saturated carbocycles. The van der Waals surface area contributed by atoms with Gasteiger partial charge in [-0.2, -0.15) is 14.5 Å². The maximum atomic E-state index is 4.47. The van der Waals surface area contributed by atoms with Crippen molar-refractivity contribution in [2.45, 2.75) is 0 Å². The molecule has 4 aromatic heterocycles. The van der Waals surface area contributed by atoms with Gasteiger partial charge in [-0.25, -0.2) is 4.98 Å².